The van der Waals surface area contributed by atoms with Crippen molar-refractivity contribution in [3.05, 3.63) is 18.1 Å². The van der Waals surface area contributed by atoms with E-state index in [0.717, 1.165) is 0 Å². The van der Waals surface area contributed by atoms with Crippen LogP contribution in [0.5, 0.6) is 0 Å². The summed E-state index contributed by atoms with van der Waals surface area (Å²) in [5, 5.41) is 0. The Morgan fingerprint density at radius 3 is 2.18 bits per heavy atom. The van der Waals surface area contributed by atoms with E-state index >= 15 is 0 Å². The minimum Gasteiger partial charge on any atom is -0.0850 e. The molecule has 0 nitrogen and oxygen atoms in total. The lowest BCUT2D eigenvalue weighted by atomic mass is 10.0. The molecule has 0 spiro atoms. The summed E-state index contributed by atoms with van der Waals surface area (Å²) in [6.45, 7) is 2.29. The van der Waals surface area contributed by atoms with E-state index in [0.29, 0.717) is 0 Å². The van der Waals surface area contributed by atoms with Crippen molar-refractivity contribution in [3.63, 3.8) is 0 Å². The van der Waals surface area contributed by atoms with Gasteiger partial charge in [0.1, 0.15) is 0 Å². The Bertz CT molecular complexity index is 190. The van der Waals surface area contributed by atoms with Crippen molar-refractivity contribution in [3.8, 4) is 0 Å². The molecule has 1 rings (SSSR count). The lowest BCUT2D eigenvalue weighted by molar-refractivity contribution is 0.564. The van der Waals surface area contributed by atoms with Gasteiger partial charge in [0.25, 0.3) is 0 Å². The lowest BCUT2D eigenvalue weighted by Gasteiger charge is -2.03. The van der Waals surface area contributed by atoms with E-state index in [1.54, 1.807) is 5.57 Å². The second-order valence-electron chi connectivity index (χ2n) is 5.49. The molecule has 17 heavy (non-hydrogen) atoms. The largest absolute Gasteiger partial charge is 0.0850 e. The van der Waals surface area contributed by atoms with Crippen LogP contribution in [0.3, 0.4) is 0 Å². The van der Waals surface area contributed by atoms with Gasteiger partial charge in [-0.25, -0.2) is 0 Å². The first kappa shape index (κ1) is 14.8. The van der Waals surface area contributed by atoms with Gasteiger partial charge in [-0.05, 0) is 32.1 Å². The quantitative estimate of drug-likeness (QED) is 0.373. The van der Waals surface area contributed by atoms with Crippen LogP contribution in [0, 0.1) is 6.42 Å². The van der Waals surface area contributed by atoms with Crippen LogP contribution in [0.15, 0.2) is 11.6 Å². The van der Waals surface area contributed by atoms with Crippen molar-refractivity contribution in [1.29, 1.82) is 0 Å². The highest BCUT2D eigenvalue weighted by Crippen LogP contribution is 2.22. The van der Waals surface area contributed by atoms with E-state index in [1.807, 2.05) is 0 Å². The van der Waals surface area contributed by atoms with Gasteiger partial charge in [-0.15, -0.1) is 0 Å². The predicted molar refractivity (Wildman–Crippen MR) is 78.1 cm³/mol. The second-order valence-corrected chi connectivity index (χ2v) is 5.49. The van der Waals surface area contributed by atoms with Crippen LogP contribution in [-0.4, -0.2) is 0 Å². The molecular formula is C17H31. The van der Waals surface area contributed by atoms with Gasteiger partial charge >= 0.3 is 0 Å². The Morgan fingerprint density at radius 1 is 0.941 bits per heavy atom. The molecule has 0 amide bonds. The van der Waals surface area contributed by atoms with E-state index in [-0.39, 0.29) is 0 Å². The third kappa shape index (κ3) is 8.46. The summed E-state index contributed by atoms with van der Waals surface area (Å²) < 4.78 is 0. The summed E-state index contributed by atoms with van der Waals surface area (Å²) in [5.41, 5.74) is 1.63. The van der Waals surface area contributed by atoms with Gasteiger partial charge in [-0.2, -0.15) is 0 Å². The average Bonchev–Trinajstić information content (AvgIpc) is 2.85. The zero-order valence-corrected chi connectivity index (χ0v) is 11.8. The third-order valence-electron chi connectivity index (χ3n) is 3.79. The minimum atomic E-state index is 1.32. The molecule has 99 valence electrons. The van der Waals surface area contributed by atoms with Crippen molar-refractivity contribution in [2.75, 3.05) is 0 Å². The first-order valence-electron chi connectivity index (χ1n) is 7.95. The minimum absolute atomic E-state index is 1.32. The molecule has 0 heterocycles. The van der Waals surface area contributed by atoms with Gasteiger partial charge in [0.2, 0.25) is 0 Å². The first-order valence-corrected chi connectivity index (χ1v) is 7.95. The van der Waals surface area contributed by atoms with E-state index in [9.17, 15) is 0 Å². The van der Waals surface area contributed by atoms with Gasteiger partial charge in [0.05, 0.1) is 0 Å². The number of unbranched alkanes of at least 4 members (excludes halogenated alkanes) is 9. The van der Waals surface area contributed by atoms with Crippen LogP contribution in [0.1, 0.15) is 90.4 Å². The van der Waals surface area contributed by atoms with Gasteiger partial charge in [-0.3, -0.25) is 0 Å². The fraction of sp³-hybridized carbons (Fsp3) is 0.824. The van der Waals surface area contributed by atoms with Crippen LogP contribution >= 0.6 is 0 Å². The molecule has 0 unspecified atom stereocenters. The zero-order valence-electron chi connectivity index (χ0n) is 11.8. The van der Waals surface area contributed by atoms with E-state index in [1.165, 1.54) is 83.5 Å². The molecule has 0 bridgehead atoms. The van der Waals surface area contributed by atoms with E-state index in [4.69, 9.17) is 0 Å². The molecule has 1 aliphatic rings. The van der Waals surface area contributed by atoms with Crippen molar-refractivity contribution >= 4 is 0 Å². The fourth-order valence-corrected chi connectivity index (χ4v) is 2.62. The normalized spacial score (nSPS) is 15.2. The molecule has 0 N–H and O–H groups in total. The smallest absolute Gasteiger partial charge is 0.0138 e. The molecular weight excluding hydrogens is 204 g/mol. The standard InChI is InChI=1S/C17H31/c1-2-3-4-5-6-7-8-9-10-11-14-17-15-12-13-16-17/h14-15H,2-13,16H2,1H3. The zero-order chi connectivity index (χ0) is 12.2. The molecule has 0 fully saturated rings. The summed E-state index contributed by atoms with van der Waals surface area (Å²) in [6, 6.07) is 0. The van der Waals surface area contributed by atoms with Crippen LogP contribution in [0.25, 0.3) is 0 Å². The second kappa shape index (κ2) is 10.9. The maximum Gasteiger partial charge on any atom is -0.0138 e. The molecule has 0 aromatic rings. The predicted octanol–water partition coefficient (Wildman–Crippen LogP) is 6.22. The summed E-state index contributed by atoms with van der Waals surface area (Å²) in [7, 11) is 0. The van der Waals surface area contributed by atoms with Crippen molar-refractivity contribution in [2.45, 2.75) is 90.4 Å². The maximum atomic E-state index is 2.48. The Kier molecular flexibility index (Phi) is 9.46. The van der Waals surface area contributed by atoms with Gasteiger partial charge in [-0.1, -0.05) is 76.4 Å². The van der Waals surface area contributed by atoms with E-state index in [2.05, 4.69) is 19.4 Å². The molecule has 0 atom stereocenters. The van der Waals surface area contributed by atoms with Gasteiger partial charge in [0.15, 0.2) is 0 Å². The van der Waals surface area contributed by atoms with Crippen molar-refractivity contribution < 1.29 is 0 Å². The van der Waals surface area contributed by atoms with Crippen molar-refractivity contribution in [2.24, 2.45) is 0 Å². The van der Waals surface area contributed by atoms with Gasteiger partial charge < -0.3 is 0 Å². The Labute approximate surface area is 109 Å². The molecule has 1 radical (unpaired) electrons. The maximum absolute atomic E-state index is 2.48. The summed E-state index contributed by atoms with van der Waals surface area (Å²) >= 11 is 0. The summed E-state index contributed by atoms with van der Waals surface area (Å²) in [4.78, 5) is 0. The monoisotopic (exact) mass is 235 g/mol. The molecule has 0 heteroatoms. The molecule has 0 aliphatic heterocycles. The third-order valence-corrected chi connectivity index (χ3v) is 3.79. The average molecular weight is 235 g/mol. The number of allylic oxidation sites excluding steroid dienone is 2. The highest BCUT2D eigenvalue weighted by molar-refractivity contribution is 5.16. The first-order chi connectivity index (χ1) is 8.43. The Balaban J connectivity index is 1.72. The van der Waals surface area contributed by atoms with Crippen molar-refractivity contribution in [1.82, 2.24) is 0 Å². The lowest BCUT2D eigenvalue weighted by Crippen LogP contribution is -1.84. The number of rotatable bonds is 11. The fourth-order valence-electron chi connectivity index (χ4n) is 2.62. The topological polar surface area (TPSA) is 0 Å². The highest BCUT2D eigenvalue weighted by atomic mass is 14.1. The summed E-state index contributed by atoms with van der Waals surface area (Å²) in [5.74, 6) is 0. The number of hydrogen-bond donors (Lipinski definition) is 0. The number of hydrogen-bond acceptors (Lipinski definition) is 0. The highest BCUT2D eigenvalue weighted by Gasteiger charge is 2.03. The molecule has 0 aromatic heterocycles. The molecule has 0 saturated carbocycles. The van der Waals surface area contributed by atoms with Gasteiger partial charge in [0, 0.05) is 0 Å². The molecule has 0 saturated heterocycles. The summed E-state index contributed by atoms with van der Waals surface area (Å²) in [6.07, 6.45) is 23.2. The van der Waals surface area contributed by atoms with Crippen LogP contribution in [0.2, 0.25) is 0 Å². The Morgan fingerprint density at radius 2 is 1.59 bits per heavy atom. The van der Waals surface area contributed by atoms with E-state index < -0.39 is 0 Å². The Hall–Kier alpha value is -0.260. The molecule has 1 aliphatic carbocycles. The SMILES string of the molecule is CCCCCCCCCCC[CH]C1=CCCC1. The van der Waals surface area contributed by atoms with Crippen LogP contribution < -0.4 is 0 Å². The molecule has 0 aromatic carbocycles. The van der Waals surface area contributed by atoms with Crippen LogP contribution in [-0.2, 0) is 0 Å². The van der Waals surface area contributed by atoms with Crippen LogP contribution in [0.4, 0.5) is 0 Å².